The first-order valence-electron chi connectivity index (χ1n) is 14.8. The summed E-state index contributed by atoms with van der Waals surface area (Å²) >= 11 is 0. The van der Waals surface area contributed by atoms with Gasteiger partial charge in [0.1, 0.15) is 53.7 Å². The number of azo groups is 2. The van der Waals surface area contributed by atoms with Gasteiger partial charge in [0, 0.05) is 42.3 Å². The highest BCUT2D eigenvalue weighted by atomic mass is 16.5. The summed E-state index contributed by atoms with van der Waals surface area (Å²) < 4.78 is -1.74. The highest BCUT2D eigenvalue weighted by Crippen LogP contribution is 2.40. The molecule has 0 amide bonds. The lowest BCUT2D eigenvalue weighted by molar-refractivity contribution is -0.0286. The molecule has 0 bridgehead atoms. The molecule has 0 aromatic heterocycles. The van der Waals surface area contributed by atoms with Gasteiger partial charge in [0.05, 0.1) is 25.5 Å². The minimum atomic E-state index is -0.684. The summed E-state index contributed by atoms with van der Waals surface area (Å²) in [6.07, 6.45) is 0. The van der Waals surface area contributed by atoms with Gasteiger partial charge in [-0.25, -0.2) is 15.6 Å². The largest absolute Gasteiger partial charge is 0.628 e. The first kappa shape index (κ1) is 34.6. The fraction of sp³-hybridized carbons (Fsp3) is 0.294. The SMILES string of the molecule is CC(c1ccc([N+](C)(C)[O-])c(N=Nc2ccc([N+](C)(C)O)cc2)c1)c1ccc([N+](C)(C)O)c(N=Nc2ccc([N+](C)(C)O)cc2)c1. The maximum absolute atomic E-state index is 13.0. The second-order valence-corrected chi connectivity index (χ2v) is 13.2. The molecule has 0 aliphatic carbocycles. The van der Waals surface area contributed by atoms with Crippen LogP contribution in [-0.2, 0) is 0 Å². The van der Waals surface area contributed by atoms with Crippen LogP contribution in [0.5, 0.6) is 0 Å². The van der Waals surface area contributed by atoms with Crippen molar-refractivity contribution in [3.8, 4) is 0 Å². The van der Waals surface area contributed by atoms with Gasteiger partial charge in [-0.15, -0.1) is 10.2 Å². The molecule has 0 fully saturated rings. The predicted octanol–water partition coefficient (Wildman–Crippen LogP) is 8.60. The number of benzene rings is 4. The Morgan fingerprint density at radius 1 is 0.500 bits per heavy atom. The number of quaternary nitrogens is 4. The monoisotopic (exact) mass is 629 g/mol. The Balaban J connectivity index is 1.69. The van der Waals surface area contributed by atoms with Crippen LogP contribution in [0.3, 0.4) is 0 Å². The molecule has 0 saturated carbocycles. The van der Waals surface area contributed by atoms with Crippen molar-refractivity contribution in [3.05, 3.63) is 101 Å². The summed E-state index contributed by atoms with van der Waals surface area (Å²) in [5.41, 5.74) is 6.40. The van der Waals surface area contributed by atoms with Crippen LogP contribution in [0.25, 0.3) is 0 Å². The van der Waals surface area contributed by atoms with E-state index in [9.17, 15) is 20.8 Å². The molecule has 12 nitrogen and oxygen atoms in total. The molecular weight excluding hydrogens is 584 g/mol. The number of rotatable bonds is 10. The smallest absolute Gasteiger partial charge is 0.192 e. The molecule has 4 rings (SSSR count). The van der Waals surface area contributed by atoms with E-state index in [0.717, 1.165) is 11.1 Å². The second kappa shape index (κ2) is 12.9. The molecule has 0 aliphatic rings. The molecule has 0 heterocycles. The van der Waals surface area contributed by atoms with Gasteiger partial charge < -0.3 is 9.85 Å². The lowest BCUT2D eigenvalue weighted by atomic mass is 9.91. The average Bonchev–Trinajstić information content (AvgIpc) is 2.97. The molecule has 1 atom stereocenters. The van der Waals surface area contributed by atoms with Crippen molar-refractivity contribution >= 4 is 45.5 Å². The zero-order chi connectivity index (χ0) is 34.1. The Morgan fingerprint density at radius 3 is 1.22 bits per heavy atom. The van der Waals surface area contributed by atoms with E-state index in [-0.39, 0.29) is 15.2 Å². The van der Waals surface area contributed by atoms with Gasteiger partial charge in [0.15, 0.2) is 22.7 Å². The zero-order valence-electron chi connectivity index (χ0n) is 28.0. The summed E-state index contributed by atoms with van der Waals surface area (Å²) in [5.74, 6) is -0.129. The van der Waals surface area contributed by atoms with E-state index in [1.165, 1.54) is 14.1 Å². The van der Waals surface area contributed by atoms with E-state index < -0.39 is 9.29 Å². The zero-order valence-corrected chi connectivity index (χ0v) is 28.0. The molecule has 4 aromatic carbocycles. The lowest BCUT2D eigenvalue weighted by Crippen LogP contribution is -2.35. The first-order chi connectivity index (χ1) is 21.2. The van der Waals surface area contributed by atoms with Crippen molar-refractivity contribution in [2.45, 2.75) is 12.8 Å². The highest BCUT2D eigenvalue weighted by molar-refractivity contribution is 5.68. The standard InChI is InChI=1S/C34H45N8O4/c1-24(25-10-20-33(41(6,7)45)31(22-25)37-35-27-12-16-29(17-13-27)39(2,3)43)26-11-21-34(42(8,9)46)32(23-26)38-36-28-14-18-30(19-15-28)40(4,5)44/h10-24,43-45H,1-9H3/q+3. The fourth-order valence-electron chi connectivity index (χ4n) is 4.88. The van der Waals surface area contributed by atoms with Gasteiger partial charge in [0.25, 0.3) is 0 Å². The molecule has 12 heteroatoms. The summed E-state index contributed by atoms with van der Waals surface area (Å²) in [5, 5.41) is 62.0. The summed E-state index contributed by atoms with van der Waals surface area (Å²) in [6, 6.07) is 25.4. The molecule has 3 N–H and O–H groups in total. The second-order valence-electron chi connectivity index (χ2n) is 13.2. The third-order valence-corrected chi connectivity index (χ3v) is 7.68. The van der Waals surface area contributed by atoms with Gasteiger partial charge in [-0.05, 0) is 47.5 Å². The van der Waals surface area contributed by atoms with E-state index >= 15 is 0 Å². The quantitative estimate of drug-likeness (QED) is 0.0920. The van der Waals surface area contributed by atoms with Crippen LogP contribution in [-0.4, -0.2) is 72.0 Å². The third-order valence-electron chi connectivity index (χ3n) is 7.68. The van der Waals surface area contributed by atoms with E-state index in [2.05, 4.69) is 20.5 Å². The molecule has 0 aliphatic heterocycles. The minimum Gasteiger partial charge on any atom is -0.628 e. The average molecular weight is 630 g/mol. The van der Waals surface area contributed by atoms with Crippen LogP contribution in [0.4, 0.5) is 45.5 Å². The Hall–Kier alpha value is -4.24. The maximum Gasteiger partial charge on any atom is 0.192 e. The van der Waals surface area contributed by atoms with Gasteiger partial charge in [-0.3, -0.25) is 0 Å². The Morgan fingerprint density at radius 2 is 0.870 bits per heavy atom. The van der Waals surface area contributed by atoms with Crippen LogP contribution < -0.4 is 18.6 Å². The van der Waals surface area contributed by atoms with Crippen molar-refractivity contribution in [2.24, 2.45) is 20.5 Å². The first-order valence-corrected chi connectivity index (χ1v) is 14.8. The van der Waals surface area contributed by atoms with Crippen molar-refractivity contribution in [3.63, 3.8) is 0 Å². The van der Waals surface area contributed by atoms with E-state index in [4.69, 9.17) is 0 Å². The number of hydrogen-bond donors (Lipinski definition) is 3. The van der Waals surface area contributed by atoms with Crippen molar-refractivity contribution in [2.75, 3.05) is 56.4 Å². The Labute approximate surface area is 270 Å². The molecular formula is C34H45N8O4+3. The van der Waals surface area contributed by atoms with E-state index in [1.807, 2.05) is 37.3 Å². The van der Waals surface area contributed by atoms with Crippen LogP contribution in [0.2, 0.25) is 0 Å². The summed E-state index contributed by atoms with van der Waals surface area (Å²) in [6.45, 7) is 2.04. The number of nitrogens with zero attached hydrogens (tertiary/aromatic N) is 8. The Bertz CT molecular complexity index is 1600. The molecule has 0 spiro atoms. The molecule has 1 unspecified atom stereocenters. The number of hydrogen-bond acceptors (Lipinski definition) is 8. The van der Waals surface area contributed by atoms with Crippen LogP contribution >= 0.6 is 0 Å². The maximum atomic E-state index is 13.0. The van der Waals surface area contributed by atoms with Crippen LogP contribution in [0, 0.1) is 5.21 Å². The van der Waals surface area contributed by atoms with Crippen molar-refractivity contribution in [1.82, 2.24) is 18.6 Å². The fourth-order valence-corrected chi connectivity index (χ4v) is 4.88. The third kappa shape index (κ3) is 8.51. The van der Waals surface area contributed by atoms with Crippen molar-refractivity contribution < 1.29 is 15.6 Å². The predicted molar refractivity (Wildman–Crippen MR) is 185 cm³/mol. The van der Waals surface area contributed by atoms with Gasteiger partial charge in [-0.1, -0.05) is 19.1 Å². The topological polar surface area (TPSA) is 133 Å². The molecule has 242 valence electrons. The molecule has 0 saturated heterocycles. The number of hydroxylamine groups is 8. The van der Waals surface area contributed by atoms with Gasteiger partial charge in [0.2, 0.25) is 0 Å². The normalized spacial score (nSPS) is 13.9. The minimum absolute atomic E-state index is 0.129. The molecule has 4 aromatic rings. The Kier molecular flexibility index (Phi) is 9.69. The van der Waals surface area contributed by atoms with Crippen LogP contribution in [0.15, 0.2) is 105 Å². The van der Waals surface area contributed by atoms with E-state index in [1.54, 1.807) is 96.9 Å². The lowest BCUT2D eigenvalue weighted by Gasteiger charge is -2.34. The highest BCUT2D eigenvalue weighted by Gasteiger charge is 2.24. The van der Waals surface area contributed by atoms with E-state index in [0.29, 0.717) is 45.5 Å². The summed E-state index contributed by atoms with van der Waals surface area (Å²) in [7, 11) is 13.0. The summed E-state index contributed by atoms with van der Waals surface area (Å²) in [4.78, 5) is 0. The molecule has 46 heavy (non-hydrogen) atoms. The molecule has 0 radical (unpaired) electrons. The van der Waals surface area contributed by atoms with Gasteiger partial charge in [-0.2, -0.15) is 24.2 Å². The van der Waals surface area contributed by atoms with Crippen molar-refractivity contribution in [1.29, 1.82) is 0 Å². The van der Waals surface area contributed by atoms with Gasteiger partial charge >= 0.3 is 0 Å². The van der Waals surface area contributed by atoms with Crippen LogP contribution in [0.1, 0.15) is 24.0 Å².